The van der Waals surface area contributed by atoms with E-state index in [0.717, 1.165) is 17.6 Å². The van der Waals surface area contributed by atoms with Gasteiger partial charge in [-0.2, -0.15) is 13.2 Å². The number of carbonyl (C=O) groups is 1. The number of pyridine rings is 2. The standard InChI is InChI=1S/C20H19F3N4O2/c21-20(22,23)15-6-7-17(26-12-15)24-8-3-9-25-18(28)11-14-10-13-4-1-2-5-16(13)27-19(14)29/h1-2,4-7,10,12H,3,8-9,11H2,(H,24,26)(H,25,28)(H,27,29). The first kappa shape index (κ1) is 20.4. The smallest absolute Gasteiger partial charge is 0.370 e. The van der Waals surface area contributed by atoms with Gasteiger partial charge in [0.25, 0.3) is 5.56 Å². The number of fused-ring (bicyclic) bond motifs is 1. The molecule has 0 atom stereocenters. The lowest BCUT2D eigenvalue weighted by Crippen LogP contribution is -2.29. The molecule has 0 radical (unpaired) electrons. The second kappa shape index (κ2) is 8.76. The van der Waals surface area contributed by atoms with Crippen molar-refractivity contribution >= 4 is 22.6 Å². The Morgan fingerprint density at radius 3 is 2.62 bits per heavy atom. The summed E-state index contributed by atoms with van der Waals surface area (Å²) in [6.45, 7) is 0.785. The minimum absolute atomic E-state index is 0.0337. The number of nitrogens with zero attached hydrogens (tertiary/aromatic N) is 1. The predicted molar refractivity (Wildman–Crippen MR) is 104 cm³/mol. The highest BCUT2D eigenvalue weighted by Crippen LogP contribution is 2.28. The Balaban J connectivity index is 1.42. The Kier molecular flexibility index (Phi) is 6.16. The number of aromatic nitrogens is 2. The largest absolute Gasteiger partial charge is 0.417 e. The third-order valence-electron chi connectivity index (χ3n) is 4.25. The Hall–Kier alpha value is -3.36. The molecule has 0 saturated carbocycles. The normalized spacial score (nSPS) is 11.4. The van der Waals surface area contributed by atoms with E-state index in [1.54, 1.807) is 12.1 Å². The maximum Gasteiger partial charge on any atom is 0.417 e. The highest BCUT2D eigenvalue weighted by atomic mass is 19.4. The van der Waals surface area contributed by atoms with Gasteiger partial charge in [-0.25, -0.2) is 4.98 Å². The van der Waals surface area contributed by atoms with Crippen LogP contribution in [0.2, 0.25) is 0 Å². The van der Waals surface area contributed by atoms with Crippen molar-refractivity contribution in [1.82, 2.24) is 15.3 Å². The molecule has 29 heavy (non-hydrogen) atoms. The van der Waals surface area contributed by atoms with Gasteiger partial charge in [0.05, 0.1) is 12.0 Å². The molecule has 0 spiro atoms. The van der Waals surface area contributed by atoms with E-state index in [1.165, 1.54) is 6.07 Å². The summed E-state index contributed by atoms with van der Waals surface area (Å²) in [7, 11) is 0. The van der Waals surface area contributed by atoms with Crippen molar-refractivity contribution in [2.45, 2.75) is 19.0 Å². The number of alkyl halides is 3. The lowest BCUT2D eigenvalue weighted by atomic mass is 10.1. The van der Waals surface area contributed by atoms with E-state index >= 15 is 0 Å². The lowest BCUT2D eigenvalue weighted by Gasteiger charge is -2.09. The molecule has 1 aromatic carbocycles. The minimum atomic E-state index is -4.41. The summed E-state index contributed by atoms with van der Waals surface area (Å²) in [5.74, 6) is 0.0467. The van der Waals surface area contributed by atoms with E-state index in [2.05, 4.69) is 20.6 Å². The van der Waals surface area contributed by atoms with Crippen LogP contribution in [-0.4, -0.2) is 29.0 Å². The Morgan fingerprint density at radius 1 is 1.10 bits per heavy atom. The molecule has 0 aliphatic carbocycles. The zero-order valence-corrected chi connectivity index (χ0v) is 15.3. The van der Waals surface area contributed by atoms with Crippen LogP contribution >= 0.6 is 0 Å². The second-order valence-corrected chi connectivity index (χ2v) is 6.45. The molecule has 0 saturated heterocycles. The van der Waals surface area contributed by atoms with Crippen molar-refractivity contribution in [3.8, 4) is 0 Å². The molecule has 152 valence electrons. The van der Waals surface area contributed by atoms with Gasteiger partial charge in [0.15, 0.2) is 0 Å². The van der Waals surface area contributed by atoms with Crippen LogP contribution in [0.5, 0.6) is 0 Å². The van der Waals surface area contributed by atoms with Gasteiger partial charge in [0, 0.05) is 30.4 Å². The van der Waals surface area contributed by atoms with Crippen LogP contribution in [0.15, 0.2) is 53.5 Å². The first-order valence-electron chi connectivity index (χ1n) is 8.98. The van der Waals surface area contributed by atoms with Gasteiger partial charge in [-0.1, -0.05) is 18.2 Å². The minimum Gasteiger partial charge on any atom is -0.370 e. The van der Waals surface area contributed by atoms with Crippen LogP contribution in [0.4, 0.5) is 19.0 Å². The quantitative estimate of drug-likeness (QED) is 0.528. The molecule has 2 aromatic heterocycles. The highest BCUT2D eigenvalue weighted by molar-refractivity contribution is 5.82. The van der Waals surface area contributed by atoms with Gasteiger partial charge in [0.2, 0.25) is 5.91 Å². The summed E-state index contributed by atoms with van der Waals surface area (Å²) in [5, 5.41) is 6.46. The number of carbonyl (C=O) groups excluding carboxylic acids is 1. The molecule has 3 N–H and O–H groups in total. The topological polar surface area (TPSA) is 86.9 Å². The van der Waals surface area contributed by atoms with Crippen molar-refractivity contribution in [3.05, 3.63) is 70.1 Å². The van der Waals surface area contributed by atoms with Crippen molar-refractivity contribution in [2.24, 2.45) is 0 Å². The first-order valence-corrected chi connectivity index (χ1v) is 8.98. The number of anilines is 1. The zero-order chi connectivity index (χ0) is 20.9. The summed E-state index contributed by atoms with van der Waals surface area (Å²) in [6, 6.07) is 11.2. The predicted octanol–water partition coefficient (Wildman–Crippen LogP) is 3.10. The number of rotatable bonds is 7. The van der Waals surface area contributed by atoms with E-state index < -0.39 is 11.7 Å². The fourth-order valence-electron chi connectivity index (χ4n) is 2.76. The maximum atomic E-state index is 12.5. The van der Waals surface area contributed by atoms with Crippen molar-refractivity contribution in [2.75, 3.05) is 18.4 Å². The first-order chi connectivity index (χ1) is 13.8. The van der Waals surface area contributed by atoms with Crippen LogP contribution < -0.4 is 16.2 Å². The molecule has 0 unspecified atom stereocenters. The van der Waals surface area contributed by atoms with Crippen LogP contribution in [-0.2, 0) is 17.4 Å². The van der Waals surface area contributed by atoms with Gasteiger partial charge in [0.1, 0.15) is 5.82 Å². The lowest BCUT2D eigenvalue weighted by molar-refractivity contribution is -0.137. The number of benzene rings is 1. The third-order valence-corrected chi connectivity index (χ3v) is 4.25. The number of halogens is 3. The molecule has 0 aliphatic heterocycles. The van der Waals surface area contributed by atoms with Crippen LogP contribution in [0.3, 0.4) is 0 Å². The zero-order valence-electron chi connectivity index (χ0n) is 15.3. The molecule has 3 aromatic rings. The number of hydrogen-bond acceptors (Lipinski definition) is 4. The van der Waals surface area contributed by atoms with E-state index in [1.807, 2.05) is 18.2 Å². The van der Waals surface area contributed by atoms with Gasteiger partial charge >= 0.3 is 6.18 Å². The number of nitrogens with one attached hydrogen (secondary N) is 3. The average Bonchev–Trinajstić information content (AvgIpc) is 2.68. The second-order valence-electron chi connectivity index (χ2n) is 6.45. The van der Waals surface area contributed by atoms with Gasteiger partial charge in [-0.15, -0.1) is 0 Å². The van der Waals surface area contributed by atoms with Gasteiger partial charge in [-0.05, 0) is 36.1 Å². The molecule has 6 nitrogen and oxygen atoms in total. The molecule has 3 rings (SSSR count). The van der Waals surface area contributed by atoms with Crippen molar-refractivity contribution < 1.29 is 18.0 Å². The van der Waals surface area contributed by atoms with E-state index in [9.17, 15) is 22.8 Å². The molecule has 0 aliphatic rings. The number of aromatic amines is 1. The van der Waals surface area contributed by atoms with Crippen LogP contribution in [0, 0.1) is 0 Å². The summed E-state index contributed by atoms with van der Waals surface area (Å²) >= 11 is 0. The van der Waals surface area contributed by atoms with Crippen LogP contribution in [0.1, 0.15) is 17.5 Å². The fourth-order valence-corrected chi connectivity index (χ4v) is 2.76. The fraction of sp³-hybridized carbons (Fsp3) is 0.250. The van der Waals surface area contributed by atoms with E-state index in [4.69, 9.17) is 0 Å². The van der Waals surface area contributed by atoms with Crippen molar-refractivity contribution in [1.29, 1.82) is 0 Å². The number of amides is 1. The third kappa shape index (κ3) is 5.56. The average molecular weight is 404 g/mol. The van der Waals surface area contributed by atoms with Crippen LogP contribution in [0.25, 0.3) is 10.9 Å². The maximum absolute atomic E-state index is 12.5. The van der Waals surface area contributed by atoms with Gasteiger partial charge < -0.3 is 15.6 Å². The number of para-hydroxylation sites is 1. The SMILES string of the molecule is O=C(Cc1cc2ccccc2[nH]c1=O)NCCCNc1ccc(C(F)(F)F)cn1. The summed E-state index contributed by atoms with van der Waals surface area (Å²) in [4.78, 5) is 30.6. The Labute approximate surface area is 164 Å². The number of hydrogen-bond donors (Lipinski definition) is 3. The van der Waals surface area contributed by atoms with Crippen molar-refractivity contribution in [3.63, 3.8) is 0 Å². The molecular formula is C20H19F3N4O2. The molecule has 0 fully saturated rings. The molecule has 2 heterocycles. The number of H-pyrrole nitrogens is 1. The molecule has 0 bridgehead atoms. The highest BCUT2D eigenvalue weighted by Gasteiger charge is 2.30. The molecular weight excluding hydrogens is 385 g/mol. The molecule has 1 amide bonds. The monoisotopic (exact) mass is 404 g/mol. The molecule has 9 heteroatoms. The van der Waals surface area contributed by atoms with E-state index in [-0.39, 0.29) is 17.9 Å². The van der Waals surface area contributed by atoms with Gasteiger partial charge in [-0.3, -0.25) is 9.59 Å². The summed E-state index contributed by atoms with van der Waals surface area (Å²) in [6.07, 6.45) is -3.13. The summed E-state index contributed by atoms with van der Waals surface area (Å²) in [5.41, 5.74) is -0.00854. The van der Waals surface area contributed by atoms with E-state index in [0.29, 0.717) is 36.4 Å². The Morgan fingerprint density at radius 2 is 1.90 bits per heavy atom. The summed E-state index contributed by atoms with van der Waals surface area (Å²) < 4.78 is 37.5. The Bertz CT molecular complexity index is 1050.